The molecule has 32 heavy (non-hydrogen) atoms. The third-order valence-electron chi connectivity index (χ3n) is 6.65. The van der Waals surface area contributed by atoms with Crippen LogP contribution in [0.1, 0.15) is 44.2 Å². The van der Waals surface area contributed by atoms with E-state index in [1.54, 1.807) is 7.11 Å². The Bertz CT molecular complexity index is 978. The Hall–Kier alpha value is -2.86. The molecule has 170 valence electrons. The van der Waals surface area contributed by atoms with Gasteiger partial charge in [0.15, 0.2) is 0 Å². The Morgan fingerprint density at radius 3 is 2.47 bits per heavy atom. The fourth-order valence-corrected chi connectivity index (χ4v) is 4.72. The third kappa shape index (κ3) is 4.24. The molecule has 1 saturated heterocycles. The summed E-state index contributed by atoms with van der Waals surface area (Å²) in [5.74, 6) is 0.776. The lowest BCUT2D eigenvalue weighted by Crippen LogP contribution is -2.45. The lowest BCUT2D eigenvalue weighted by molar-refractivity contribution is -0.125. The predicted molar refractivity (Wildman–Crippen MR) is 125 cm³/mol. The SMILES string of the molecule is COc1ccc(C2(C(=O)Nc3ccc4c(c3)N(C(=O)C(C)C)CCC4)CCOCC2)cc1. The summed E-state index contributed by atoms with van der Waals surface area (Å²) in [5.41, 5.74) is 3.09. The fourth-order valence-electron chi connectivity index (χ4n) is 4.72. The average molecular weight is 437 g/mol. The molecule has 2 amide bonds. The largest absolute Gasteiger partial charge is 0.497 e. The van der Waals surface area contributed by atoms with Crippen LogP contribution < -0.4 is 15.0 Å². The predicted octanol–water partition coefficient (Wildman–Crippen LogP) is 4.32. The van der Waals surface area contributed by atoms with Gasteiger partial charge in [0.05, 0.1) is 12.5 Å². The molecule has 1 fully saturated rings. The van der Waals surface area contributed by atoms with Crippen LogP contribution in [0.15, 0.2) is 42.5 Å². The molecule has 2 aromatic carbocycles. The smallest absolute Gasteiger partial charge is 0.235 e. The van der Waals surface area contributed by atoms with E-state index in [0.717, 1.165) is 41.1 Å². The van der Waals surface area contributed by atoms with E-state index in [-0.39, 0.29) is 17.7 Å². The molecule has 2 aliphatic heterocycles. The molecule has 0 spiro atoms. The number of rotatable bonds is 5. The minimum Gasteiger partial charge on any atom is -0.497 e. The zero-order valence-corrected chi connectivity index (χ0v) is 19.1. The molecule has 0 saturated carbocycles. The summed E-state index contributed by atoms with van der Waals surface area (Å²) in [6.07, 6.45) is 3.14. The minimum absolute atomic E-state index is 0.0385. The summed E-state index contributed by atoms with van der Waals surface area (Å²) in [6.45, 7) is 5.65. The van der Waals surface area contributed by atoms with Gasteiger partial charge in [-0.2, -0.15) is 0 Å². The zero-order valence-electron chi connectivity index (χ0n) is 19.1. The van der Waals surface area contributed by atoms with Crippen LogP contribution in [0.3, 0.4) is 0 Å². The number of ether oxygens (including phenoxy) is 2. The van der Waals surface area contributed by atoms with Crippen LogP contribution in [0, 0.1) is 5.92 Å². The van der Waals surface area contributed by atoms with Gasteiger partial charge in [0, 0.05) is 37.1 Å². The summed E-state index contributed by atoms with van der Waals surface area (Å²) in [7, 11) is 1.63. The highest BCUT2D eigenvalue weighted by atomic mass is 16.5. The van der Waals surface area contributed by atoms with Crippen molar-refractivity contribution in [1.82, 2.24) is 0 Å². The number of aryl methyl sites for hydroxylation is 1. The maximum absolute atomic E-state index is 13.7. The van der Waals surface area contributed by atoms with Crippen molar-refractivity contribution in [3.63, 3.8) is 0 Å². The zero-order chi connectivity index (χ0) is 22.7. The standard InChI is InChI=1S/C26H32N2O4/c1-18(2)24(29)28-14-4-5-19-6-9-21(17-23(19)28)27-25(30)26(12-15-32-16-13-26)20-7-10-22(31-3)11-8-20/h6-11,17-18H,4-5,12-16H2,1-3H3,(H,27,30). The number of carbonyl (C=O) groups is 2. The molecule has 0 unspecified atom stereocenters. The first kappa shape index (κ1) is 22.3. The van der Waals surface area contributed by atoms with Crippen LogP contribution in [-0.4, -0.2) is 38.7 Å². The molecule has 0 aromatic heterocycles. The van der Waals surface area contributed by atoms with E-state index >= 15 is 0 Å². The molecule has 0 radical (unpaired) electrons. The summed E-state index contributed by atoms with van der Waals surface area (Å²) < 4.78 is 10.9. The first-order valence-corrected chi connectivity index (χ1v) is 11.4. The van der Waals surface area contributed by atoms with Gasteiger partial charge in [-0.15, -0.1) is 0 Å². The number of hydrogen-bond donors (Lipinski definition) is 1. The van der Waals surface area contributed by atoms with Gasteiger partial charge < -0.3 is 19.7 Å². The van der Waals surface area contributed by atoms with Crippen LogP contribution in [0.4, 0.5) is 11.4 Å². The topological polar surface area (TPSA) is 67.9 Å². The molecular formula is C26H32N2O4. The van der Waals surface area contributed by atoms with Crippen LogP contribution in [0.5, 0.6) is 5.75 Å². The third-order valence-corrected chi connectivity index (χ3v) is 6.65. The van der Waals surface area contributed by atoms with Crippen molar-refractivity contribution in [2.45, 2.75) is 44.9 Å². The van der Waals surface area contributed by atoms with E-state index in [2.05, 4.69) is 5.32 Å². The van der Waals surface area contributed by atoms with Crippen molar-refractivity contribution >= 4 is 23.2 Å². The number of amides is 2. The molecular weight excluding hydrogens is 404 g/mol. The van der Waals surface area contributed by atoms with Crippen molar-refractivity contribution in [1.29, 1.82) is 0 Å². The number of carbonyl (C=O) groups excluding carboxylic acids is 2. The number of fused-ring (bicyclic) bond motifs is 1. The van der Waals surface area contributed by atoms with E-state index in [9.17, 15) is 9.59 Å². The van der Waals surface area contributed by atoms with Crippen LogP contribution in [0.25, 0.3) is 0 Å². The average Bonchev–Trinajstić information content (AvgIpc) is 2.83. The highest BCUT2D eigenvalue weighted by Gasteiger charge is 2.42. The van der Waals surface area contributed by atoms with Gasteiger partial charge in [0.2, 0.25) is 11.8 Å². The first-order valence-electron chi connectivity index (χ1n) is 11.4. The molecule has 6 nitrogen and oxygen atoms in total. The Balaban J connectivity index is 1.63. The van der Waals surface area contributed by atoms with E-state index < -0.39 is 5.41 Å². The van der Waals surface area contributed by atoms with Crippen molar-refractivity contribution in [2.75, 3.05) is 37.1 Å². The Labute approximate surface area is 189 Å². The van der Waals surface area contributed by atoms with Crippen molar-refractivity contribution in [2.24, 2.45) is 5.92 Å². The lowest BCUT2D eigenvalue weighted by Gasteiger charge is -2.36. The van der Waals surface area contributed by atoms with Crippen LogP contribution >= 0.6 is 0 Å². The Morgan fingerprint density at radius 2 is 1.81 bits per heavy atom. The quantitative estimate of drug-likeness (QED) is 0.758. The number of benzene rings is 2. The second-order valence-corrected chi connectivity index (χ2v) is 8.97. The van der Waals surface area contributed by atoms with Gasteiger partial charge >= 0.3 is 0 Å². The first-order chi connectivity index (χ1) is 15.4. The van der Waals surface area contributed by atoms with Crippen LogP contribution in [0.2, 0.25) is 0 Å². The van der Waals surface area contributed by atoms with E-state index in [0.29, 0.717) is 32.6 Å². The lowest BCUT2D eigenvalue weighted by atomic mass is 9.73. The normalized spacial score (nSPS) is 17.6. The number of hydrogen-bond acceptors (Lipinski definition) is 4. The molecule has 0 atom stereocenters. The van der Waals surface area contributed by atoms with Crippen LogP contribution in [-0.2, 0) is 26.2 Å². The Morgan fingerprint density at radius 1 is 1.09 bits per heavy atom. The van der Waals surface area contributed by atoms with Gasteiger partial charge in [0.25, 0.3) is 0 Å². The molecule has 1 N–H and O–H groups in total. The highest BCUT2D eigenvalue weighted by Crippen LogP contribution is 2.38. The van der Waals surface area contributed by atoms with Gasteiger partial charge in [-0.05, 0) is 61.1 Å². The number of nitrogens with one attached hydrogen (secondary N) is 1. The summed E-state index contributed by atoms with van der Waals surface area (Å²) in [4.78, 5) is 28.3. The second-order valence-electron chi connectivity index (χ2n) is 8.97. The van der Waals surface area contributed by atoms with Crippen molar-refractivity contribution < 1.29 is 19.1 Å². The van der Waals surface area contributed by atoms with E-state index in [1.807, 2.05) is 61.2 Å². The fraction of sp³-hybridized carbons (Fsp3) is 0.462. The van der Waals surface area contributed by atoms with Crippen molar-refractivity contribution in [3.05, 3.63) is 53.6 Å². The van der Waals surface area contributed by atoms with Gasteiger partial charge in [-0.25, -0.2) is 0 Å². The Kier molecular flexibility index (Phi) is 6.51. The molecule has 2 aliphatic rings. The maximum atomic E-state index is 13.7. The number of anilines is 2. The maximum Gasteiger partial charge on any atom is 0.235 e. The van der Waals surface area contributed by atoms with E-state index in [1.165, 1.54) is 0 Å². The minimum atomic E-state index is -0.659. The number of nitrogens with zero attached hydrogens (tertiary/aromatic N) is 1. The van der Waals surface area contributed by atoms with Crippen molar-refractivity contribution in [3.8, 4) is 5.75 Å². The molecule has 4 rings (SSSR count). The highest BCUT2D eigenvalue weighted by molar-refractivity contribution is 6.01. The van der Waals surface area contributed by atoms with Gasteiger partial charge in [-0.3, -0.25) is 9.59 Å². The van der Waals surface area contributed by atoms with E-state index in [4.69, 9.17) is 9.47 Å². The molecule has 2 heterocycles. The second kappa shape index (κ2) is 9.33. The molecule has 6 heteroatoms. The summed E-state index contributed by atoms with van der Waals surface area (Å²) >= 11 is 0. The molecule has 0 aliphatic carbocycles. The summed E-state index contributed by atoms with van der Waals surface area (Å²) in [5, 5.41) is 3.15. The molecule has 2 aromatic rings. The number of methoxy groups -OCH3 is 1. The van der Waals surface area contributed by atoms with Gasteiger partial charge in [-0.1, -0.05) is 32.0 Å². The molecule has 0 bridgehead atoms. The monoisotopic (exact) mass is 436 g/mol. The van der Waals surface area contributed by atoms with Gasteiger partial charge in [0.1, 0.15) is 5.75 Å². The summed E-state index contributed by atoms with van der Waals surface area (Å²) in [6, 6.07) is 13.7.